The average Bonchev–Trinajstić information content (AvgIpc) is 2.16. The number of aliphatic hydroxyl groups excluding tert-OH is 1. The van der Waals surface area contributed by atoms with Gasteiger partial charge in [-0.2, -0.15) is 0 Å². The molecular weight excluding hydrogens is 182 g/mol. The molecule has 0 aromatic heterocycles. The van der Waals surface area contributed by atoms with Crippen molar-refractivity contribution in [3.63, 3.8) is 0 Å². The van der Waals surface area contributed by atoms with Crippen LogP contribution in [0.2, 0.25) is 0 Å². The van der Waals surface area contributed by atoms with Crippen LogP contribution < -0.4 is 0 Å². The number of hydrogen-bond donors (Lipinski definition) is 1. The summed E-state index contributed by atoms with van der Waals surface area (Å²) in [5, 5.41) is 9.38. The van der Waals surface area contributed by atoms with Gasteiger partial charge in [-0.15, -0.1) is 0 Å². The Kier molecular flexibility index (Phi) is 4.31. The molecule has 0 aliphatic carbocycles. The standard InChI is InChI=1S/C10H21NO3/c1-4-9(12)5-6-11-7-10(8-11,13-2)14-3/h9,12H,4-8H2,1-3H3. The first kappa shape index (κ1) is 11.9. The lowest BCUT2D eigenvalue weighted by molar-refractivity contribution is -0.275. The van der Waals surface area contributed by atoms with Crippen LogP contribution >= 0.6 is 0 Å². The van der Waals surface area contributed by atoms with Crippen molar-refractivity contribution >= 4 is 0 Å². The summed E-state index contributed by atoms with van der Waals surface area (Å²) in [6.45, 7) is 4.52. The van der Waals surface area contributed by atoms with Crippen LogP contribution in [0.3, 0.4) is 0 Å². The third-order valence-electron chi connectivity index (χ3n) is 2.92. The Morgan fingerprint density at radius 3 is 2.36 bits per heavy atom. The molecule has 1 rings (SSSR count). The first-order valence-corrected chi connectivity index (χ1v) is 5.16. The predicted octanol–water partition coefficient (Wildman–Crippen LogP) is 0.452. The summed E-state index contributed by atoms with van der Waals surface area (Å²) < 4.78 is 10.5. The molecule has 1 aliphatic rings. The number of rotatable bonds is 6. The molecule has 4 heteroatoms. The van der Waals surface area contributed by atoms with E-state index in [1.54, 1.807) is 14.2 Å². The molecule has 0 bridgehead atoms. The van der Waals surface area contributed by atoms with E-state index in [2.05, 4.69) is 4.90 Å². The Morgan fingerprint density at radius 2 is 1.93 bits per heavy atom. The van der Waals surface area contributed by atoms with Crippen molar-refractivity contribution < 1.29 is 14.6 Å². The maximum atomic E-state index is 9.38. The van der Waals surface area contributed by atoms with E-state index >= 15 is 0 Å². The Labute approximate surface area is 85.8 Å². The molecule has 0 amide bonds. The second kappa shape index (κ2) is 5.07. The van der Waals surface area contributed by atoms with Crippen molar-refractivity contribution in [2.24, 2.45) is 0 Å². The second-order valence-electron chi connectivity index (χ2n) is 3.88. The van der Waals surface area contributed by atoms with E-state index in [0.29, 0.717) is 0 Å². The lowest BCUT2D eigenvalue weighted by atomic mass is 10.1. The molecule has 0 aromatic rings. The minimum atomic E-state index is -0.392. The SMILES string of the molecule is CCC(O)CCN1CC(OC)(OC)C1. The van der Waals surface area contributed by atoms with E-state index in [0.717, 1.165) is 32.5 Å². The first-order valence-electron chi connectivity index (χ1n) is 5.16. The van der Waals surface area contributed by atoms with Crippen LogP contribution in [-0.4, -0.2) is 55.8 Å². The third kappa shape index (κ3) is 2.67. The molecule has 14 heavy (non-hydrogen) atoms. The van der Waals surface area contributed by atoms with Gasteiger partial charge in [-0.1, -0.05) is 6.92 Å². The molecule has 0 radical (unpaired) electrons. The van der Waals surface area contributed by atoms with Gasteiger partial charge < -0.3 is 14.6 Å². The maximum Gasteiger partial charge on any atom is 0.193 e. The molecule has 0 spiro atoms. The highest BCUT2D eigenvalue weighted by molar-refractivity contribution is 4.89. The van der Waals surface area contributed by atoms with Crippen LogP contribution in [0.25, 0.3) is 0 Å². The highest BCUT2D eigenvalue weighted by Gasteiger charge is 2.43. The summed E-state index contributed by atoms with van der Waals surface area (Å²) in [7, 11) is 3.34. The van der Waals surface area contributed by atoms with Crippen LogP contribution in [0.15, 0.2) is 0 Å². The van der Waals surface area contributed by atoms with Crippen molar-refractivity contribution in [2.45, 2.75) is 31.7 Å². The molecule has 1 N–H and O–H groups in total. The molecule has 0 aromatic carbocycles. The van der Waals surface area contributed by atoms with E-state index in [9.17, 15) is 5.11 Å². The van der Waals surface area contributed by atoms with Gasteiger partial charge in [0, 0.05) is 20.8 Å². The molecule has 1 aliphatic heterocycles. The molecule has 1 unspecified atom stereocenters. The second-order valence-corrected chi connectivity index (χ2v) is 3.88. The van der Waals surface area contributed by atoms with E-state index in [4.69, 9.17) is 9.47 Å². The number of methoxy groups -OCH3 is 2. The van der Waals surface area contributed by atoms with Crippen LogP contribution in [0, 0.1) is 0 Å². The summed E-state index contributed by atoms with van der Waals surface area (Å²) in [5.74, 6) is -0.392. The molecule has 1 atom stereocenters. The minimum Gasteiger partial charge on any atom is -0.393 e. The van der Waals surface area contributed by atoms with E-state index in [-0.39, 0.29) is 6.10 Å². The zero-order chi connectivity index (χ0) is 10.6. The third-order valence-corrected chi connectivity index (χ3v) is 2.92. The van der Waals surface area contributed by atoms with Crippen molar-refractivity contribution in [1.29, 1.82) is 0 Å². The minimum absolute atomic E-state index is 0.171. The van der Waals surface area contributed by atoms with Gasteiger partial charge in [0.05, 0.1) is 19.2 Å². The van der Waals surface area contributed by atoms with Crippen molar-refractivity contribution in [2.75, 3.05) is 33.9 Å². The Morgan fingerprint density at radius 1 is 1.36 bits per heavy atom. The number of hydrogen-bond acceptors (Lipinski definition) is 4. The van der Waals surface area contributed by atoms with Gasteiger partial charge >= 0.3 is 0 Å². The van der Waals surface area contributed by atoms with E-state index < -0.39 is 5.79 Å². The molecular formula is C10H21NO3. The van der Waals surface area contributed by atoms with Gasteiger partial charge in [-0.05, 0) is 12.8 Å². The summed E-state index contributed by atoms with van der Waals surface area (Å²) in [4.78, 5) is 2.23. The average molecular weight is 203 g/mol. The van der Waals surface area contributed by atoms with Crippen LogP contribution in [-0.2, 0) is 9.47 Å². The summed E-state index contributed by atoms with van der Waals surface area (Å²) in [6.07, 6.45) is 1.49. The van der Waals surface area contributed by atoms with Crippen molar-refractivity contribution in [3.8, 4) is 0 Å². The quantitative estimate of drug-likeness (QED) is 0.637. The Hall–Kier alpha value is -0.160. The first-order chi connectivity index (χ1) is 6.65. The molecule has 4 nitrogen and oxygen atoms in total. The maximum absolute atomic E-state index is 9.38. The summed E-state index contributed by atoms with van der Waals surface area (Å²) in [5.41, 5.74) is 0. The number of likely N-dealkylation sites (tertiary alicyclic amines) is 1. The number of ether oxygens (including phenoxy) is 2. The molecule has 0 saturated carbocycles. The predicted molar refractivity (Wildman–Crippen MR) is 54.1 cm³/mol. The van der Waals surface area contributed by atoms with E-state index in [1.807, 2.05) is 6.92 Å². The lowest BCUT2D eigenvalue weighted by Crippen LogP contribution is -2.64. The zero-order valence-electron chi connectivity index (χ0n) is 9.32. The van der Waals surface area contributed by atoms with Crippen molar-refractivity contribution in [1.82, 2.24) is 4.90 Å². The lowest BCUT2D eigenvalue weighted by Gasteiger charge is -2.47. The van der Waals surface area contributed by atoms with Crippen LogP contribution in [0.1, 0.15) is 19.8 Å². The van der Waals surface area contributed by atoms with Gasteiger partial charge in [-0.3, -0.25) is 4.90 Å². The van der Waals surface area contributed by atoms with E-state index in [1.165, 1.54) is 0 Å². The monoisotopic (exact) mass is 203 g/mol. The fraction of sp³-hybridized carbons (Fsp3) is 1.00. The summed E-state index contributed by atoms with van der Waals surface area (Å²) in [6, 6.07) is 0. The largest absolute Gasteiger partial charge is 0.393 e. The van der Waals surface area contributed by atoms with Crippen LogP contribution in [0.5, 0.6) is 0 Å². The van der Waals surface area contributed by atoms with Gasteiger partial charge in [0.15, 0.2) is 5.79 Å². The molecule has 1 fully saturated rings. The topological polar surface area (TPSA) is 41.9 Å². The molecule has 1 heterocycles. The van der Waals surface area contributed by atoms with Crippen molar-refractivity contribution in [3.05, 3.63) is 0 Å². The fourth-order valence-electron chi connectivity index (χ4n) is 1.67. The molecule has 84 valence electrons. The number of nitrogens with zero attached hydrogens (tertiary/aromatic N) is 1. The van der Waals surface area contributed by atoms with Gasteiger partial charge in [0.25, 0.3) is 0 Å². The highest BCUT2D eigenvalue weighted by Crippen LogP contribution is 2.25. The number of aliphatic hydroxyl groups is 1. The highest BCUT2D eigenvalue weighted by atomic mass is 16.7. The Balaban J connectivity index is 2.15. The van der Waals surface area contributed by atoms with Gasteiger partial charge in [-0.25, -0.2) is 0 Å². The van der Waals surface area contributed by atoms with Crippen LogP contribution in [0.4, 0.5) is 0 Å². The fourth-order valence-corrected chi connectivity index (χ4v) is 1.67. The Bertz CT molecular complexity index is 163. The van der Waals surface area contributed by atoms with Gasteiger partial charge in [0.2, 0.25) is 0 Å². The normalized spacial score (nSPS) is 23.1. The molecule has 1 saturated heterocycles. The van der Waals surface area contributed by atoms with Gasteiger partial charge in [0.1, 0.15) is 0 Å². The smallest absolute Gasteiger partial charge is 0.193 e. The summed E-state index contributed by atoms with van der Waals surface area (Å²) >= 11 is 0. The zero-order valence-corrected chi connectivity index (χ0v) is 9.32.